The van der Waals surface area contributed by atoms with Gasteiger partial charge in [0.25, 0.3) is 0 Å². The summed E-state index contributed by atoms with van der Waals surface area (Å²) in [5, 5.41) is 0. The lowest BCUT2D eigenvalue weighted by atomic mass is 9.78. The van der Waals surface area contributed by atoms with Crippen LogP contribution in [0.5, 0.6) is 5.75 Å². The van der Waals surface area contributed by atoms with Crippen LogP contribution in [-0.4, -0.2) is 12.9 Å². The van der Waals surface area contributed by atoms with Crippen molar-refractivity contribution in [3.05, 3.63) is 64.1 Å². The molecule has 0 radical (unpaired) electrons. The van der Waals surface area contributed by atoms with Gasteiger partial charge in [0.2, 0.25) is 0 Å². The standard InChI is InChI=1S/C17H17BrO2/c1-17(2,13-7-5-4-6-8-13)16(19)12-9-10-15(20-3)14(18)11-12/h4-11H,1-3H3. The summed E-state index contributed by atoms with van der Waals surface area (Å²) < 4.78 is 5.98. The number of carbonyl (C=O) groups excluding carboxylic acids is 1. The smallest absolute Gasteiger partial charge is 0.172 e. The highest BCUT2D eigenvalue weighted by atomic mass is 79.9. The van der Waals surface area contributed by atoms with E-state index in [-0.39, 0.29) is 5.78 Å². The van der Waals surface area contributed by atoms with Gasteiger partial charge in [0.1, 0.15) is 5.75 Å². The van der Waals surface area contributed by atoms with Gasteiger partial charge in [-0.15, -0.1) is 0 Å². The number of carbonyl (C=O) groups is 1. The van der Waals surface area contributed by atoms with Crippen molar-refractivity contribution in [3.63, 3.8) is 0 Å². The predicted molar refractivity (Wildman–Crippen MR) is 84.5 cm³/mol. The Balaban J connectivity index is 2.38. The highest BCUT2D eigenvalue weighted by Crippen LogP contribution is 2.31. The monoisotopic (exact) mass is 332 g/mol. The SMILES string of the molecule is COc1ccc(C(=O)C(C)(C)c2ccccc2)cc1Br. The van der Waals surface area contributed by atoms with Gasteiger partial charge in [-0.1, -0.05) is 30.3 Å². The van der Waals surface area contributed by atoms with Crippen LogP contribution in [0.4, 0.5) is 0 Å². The van der Waals surface area contributed by atoms with E-state index >= 15 is 0 Å². The normalized spacial score (nSPS) is 11.2. The summed E-state index contributed by atoms with van der Waals surface area (Å²) >= 11 is 3.42. The second-order valence-electron chi connectivity index (χ2n) is 5.17. The Kier molecular flexibility index (Phi) is 4.29. The average Bonchev–Trinajstić information content (AvgIpc) is 2.47. The minimum atomic E-state index is -0.560. The number of rotatable bonds is 4. The van der Waals surface area contributed by atoms with E-state index in [0.29, 0.717) is 5.56 Å². The lowest BCUT2D eigenvalue weighted by Crippen LogP contribution is -2.29. The second-order valence-corrected chi connectivity index (χ2v) is 6.02. The third-order valence-corrected chi connectivity index (χ3v) is 4.10. The van der Waals surface area contributed by atoms with E-state index in [9.17, 15) is 4.79 Å². The van der Waals surface area contributed by atoms with E-state index in [0.717, 1.165) is 15.8 Å². The Morgan fingerprint density at radius 1 is 1.10 bits per heavy atom. The lowest BCUT2D eigenvalue weighted by molar-refractivity contribution is 0.0908. The topological polar surface area (TPSA) is 26.3 Å². The first kappa shape index (κ1) is 14.8. The lowest BCUT2D eigenvalue weighted by Gasteiger charge is -2.24. The predicted octanol–water partition coefficient (Wildman–Crippen LogP) is 4.62. The second kappa shape index (κ2) is 5.80. The van der Waals surface area contributed by atoms with E-state index in [4.69, 9.17) is 4.74 Å². The molecule has 0 aliphatic carbocycles. The molecule has 0 N–H and O–H groups in total. The van der Waals surface area contributed by atoms with Crippen LogP contribution < -0.4 is 4.74 Å². The number of hydrogen-bond donors (Lipinski definition) is 0. The molecule has 104 valence electrons. The molecule has 0 saturated carbocycles. The summed E-state index contributed by atoms with van der Waals surface area (Å²) in [6.45, 7) is 3.89. The molecular formula is C17H17BrO2. The number of methoxy groups -OCH3 is 1. The van der Waals surface area contributed by atoms with Gasteiger partial charge in [0.15, 0.2) is 5.78 Å². The van der Waals surface area contributed by atoms with Crippen molar-refractivity contribution in [3.8, 4) is 5.75 Å². The minimum absolute atomic E-state index is 0.0899. The number of Topliss-reactive ketones (excluding diaryl/α,β-unsaturated/α-hetero) is 1. The van der Waals surface area contributed by atoms with E-state index in [2.05, 4.69) is 15.9 Å². The summed E-state index contributed by atoms with van der Waals surface area (Å²) in [4.78, 5) is 12.8. The average molecular weight is 333 g/mol. The van der Waals surface area contributed by atoms with Crippen LogP contribution in [0.1, 0.15) is 29.8 Å². The Bertz CT molecular complexity index is 618. The molecular weight excluding hydrogens is 316 g/mol. The fourth-order valence-corrected chi connectivity index (χ4v) is 2.70. The summed E-state index contributed by atoms with van der Waals surface area (Å²) in [5.41, 5.74) is 1.12. The summed E-state index contributed by atoms with van der Waals surface area (Å²) in [6, 6.07) is 15.2. The van der Waals surface area contributed by atoms with Crippen molar-refractivity contribution in [2.24, 2.45) is 0 Å². The molecule has 2 aromatic rings. The Morgan fingerprint density at radius 2 is 1.75 bits per heavy atom. The Hall–Kier alpha value is -1.61. The zero-order valence-corrected chi connectivity index (χ0v) is 13.4. The number of hydrogen-bond acceptors (Lipinski definition) is 2. The van der Waals surface area contributed by atoms with E-state index in [1.54, 1.807) is 19.2 Å². The van der Waals surface area contributed by atoms with Gasteiger partial charge in [-0.25, -0.2) is 0 Å². The van der Waals surface area contributed by atoms with Crippen LogP contribution in [0.3, 0.4) is 0 Å². The molecule has 0 aliphatic heterocycles. The van der Waals surface area contributed by atoms with Gasteiger partial charge in [-0.05, 0) is 53.5 Å². The van der Waals surface area contributed by atoms with Crippen LogP contribution in [0, 0.1) is 0 Å². The summed E-state index contributed by atoms with van der Waals surface area (Å²) in [7, 11) is 1.61. The molecule has 0 fully saturated rings. The molecule has 0 atom stereocenters. The minimum Gasteiger partial charge on any atom is -0.496 e. The van der Waals surface area contributed by atoms with Gasteiger partial charge < -0.3 is 4.74 Å². The zero-order chi connectivity index (χ0) is 14.8. The first-order valence-corrected chi connectivity index (χ1v) is 7.20. The molecule has 0 saturated heterocycles. The number of benzene rings is 2. The highest BCUT2D eigenvalue weighted by Gasteiger charge is 2.30. The number of ether oxygens (including phenoxy) is 1. The largest absolute Gasteiger partial charge is 0.496 e. The van der Waals surface area contributed by atoms with Crippen molar-refractivity contribution in [2.45, 2.75) is 19.3 Å². The summed E-state index contributed by atoms with van der Waals surface area (Å²) in [6.07, 6.45) is 0. The van der Waals surface area contributed by atoms with Gasteiger partial charge in [-0.3, -0.25) is 4.79 Å². The van der Waals surface area contributed by atoms with Crippen molar-refractivity contribution < 1.29 is 9.53 Å². The van der Waals surface area contributed by atoms with Gasteiger partial charge in [0, 0.05) is 5.56 Å². The molecule has 0 bridgehead atoms. The van der Waals surface area contributed by atoms with Crippen molar-refractivity contribution in [2.75, 3.05) is 7.11 Å². The molecule has 3 heteroatoms. The fraction of sp³-hybridized carbons (Fsp3) is 0.235. The van der Waals surface area contributed by atoms with Gasteiger partial charge in [-0.2, -0.15) is 0 Å². The molecule has 0 aliphatic rings. The molecule has 0 spiro atoms. The first-order chi connectivity index (χ1) is 9.46. The molecule has 2 aromatic carbocycles. The maximum Gasteiger partial charge on any atom is 0.172 e. The van der Waals surface area contributed by atoms with Crippen LogP contribution in [0.15, 0.2) is 53.0 Å². The molecule has 0 heterocycles. The fourth-order valence-electron chi connectivity index (χ4n) is 2.15. The molecule has 0 amide bonds. The van der Waals surface area contributed by atoms with Crippen LogP contribution in [0.2, 0.25) is 0 Å². The van der Waals surface area contributed by atoms with Crippen molar-refractivity contribution in [1.82, 2.24) is 0 Å². The van der Waals surface area contributed by atoms with E-state index in [1.807, 2.05) is 50.2 Å². The number of halogens is 1. The molecule has 20 heavy (non-hydrogen) atoms. The van der Waals surface area contributed by atoms with Gasteiger partial charge >= 0.3 is 0 Å². The zero-order valence-electron chi connectivity index (χ0n) is 11.8. The van der Waals surface area contributed by atoms with Crippen LogP contribution in [0.25, 0.3) is 0 Å². The molecule has 2 rings (SSSR count). The van der Waals surface area contributed by atoms with Crippen LogP contribution >= 0.6 is 15.9 Å². The molecule has 0 unspecified atom stereocenters. The van der Waals surface area contributed by atoms with E-state index in [1.165, 1.54) is 0 Å². The van der Waals surface area contributed by atoms with Crippen molar-refractivity contribution in [1.29, 1.82) is 0 Å². The van der Waals surface area contributed by atoms with Gasteiger partial charge in [0.05, 0.1) is 17.0 Å². The molecule has 2 nitrogen and oxygen atoms in total. The van der Waals surface area contributed by atoms with E-state index < -0.39 is 5.41 Å². The quantitative estimate of drug-likeness (QED) is 0.763. The Labute approximate surface area is 127 Å². The third kappa shape index (κ3) is 2.78. The maximum absolute atomic E-state index is 12.8. The Morgan fingerprint density at radius 3 is 2.30 bits per heavy atom. The van der Waals surface area contributed by atoms with Crippen molar-refractivity contribution >= 4 is 21.7 Å². The first-order valence-electron chi connectivity index (χ1n) is 6.40. The molecule has 0 aromatic heterocycles. The summed E-state index contributed by atoms with van der Waals surface area (Å²) in [5.74, 6) is 0.811. The number of ketones is 1. The van der Waals surface area contributed by atoms with Crippen LogP contribution in [-0.2, 0) is 5.41 Å². The highest BCUT2D eigenvalue weighted by molar-refractivity contribution is 9.10. The third-order valence-electron chi connectivity index (χ3n) is 3.48. The maximum atomic E-state index is 12.8.